The minimum atomic E-state index is -4.58. The highest BCUT2D eigenvalue weighted by molar-refractivity contribution is 7.93. The molecule has 0 bridgehead atoms. The first-order valence-electron chi connectivity index (χ1n) is 9.15. The molecule has 0 saturated heterocycles. The van der Waals surface area contributed by atoms with Crippen LogP contribution >= 0.6 is 0 Å². The average molecular weight is 478 g/mol. The number of para-hydroxylation sites is 1. The van der Waals surface area contributed by atoms with Crippen molar-refractivity contribution < 1.29 is 16.8 Å². The van der Waals surface area contributed by atoms with E-state index in [4.69, 9.17) is 16.6 Å². The van der Waals surface area contributed by atoms with E-state index in [1.807, 2.05) is 0 Å². The molecule has 2 aromatic heterocycles. The number of nitrogen functional groups attached to an aromatic ring is 1. The molecule has 32 heavy (non-hydrogen) atoms. The van der Waals surface area contributed by atoms with Gasteiger partial charge in [-0.2, -0.15) is 5.21 Å². The van der Waals surface area contributed by atoms with E-state index < -0.39 is 41.4 Å². The number of nitrogens with two attached hydrogens (primary N) is 3. The molecular formula is C17H19N9O4S2. The van der Waals surface area contributed by atoms with E-state index in [-0.39, 0.29) is 22.9 Å². The first kappa shape index (κ1) is 21.8. The van der Waals surface area contributed by atoms with Gasteiger partial charge in [0.2, 0.25) is 15.8 Å². The molecule has 13 nitrogen and oxygen atoms in total. The molecular weight excluding hydrogens is 458 g/mol. The van der Waals surface area contributed by atoms with Crippen LogP contribution < -0.4 is 16.6 Å². The van der Waals surface area contributed by atoms with Gasteiger partial charge in [-0.15, -0.1) is 10.2 Å². The summed E-state index contributed by atoms with van der Waals surface area (Å²) in [4.78, 5) is 5.99. The van der Waals surface area contributed by atoms with Crippen LogP contribution in [0.4, 0.5) is 5.95 Å². The fourth-order valence-electron chi connectivity index (χ4n) is 3.51. The summed E-state index contributed by atoms with van der Waals surface area (Å²) in [5.41, 5.74) is 13.1. The molecule has 1 atom stereocenters. The van der Waals surface area contributed by atoms with Gasteiger partial charge in [-0.3, -0.25) is 0 Å². The van der Waals surface area contributed by atoms with Gasteiger partial charge < -0.3 is 16.5 Å². The number of tetrazole rings is 1. The third-order valence-electron chi connectivity index (χ3n) is 4.61. The van der Waals surface area contributed by atoms with Crippen LogP contribution in [-0.2, 0) is 19.9 Å². The molecule has 0 fully saturated rings. The third-order valence-corrected chi connectivity index (χ3v) is 7.71. The number of rotatable bonds is 6. The second kappa shape index (κ2) is 7.63. The maximum absolute atomic E-state index is 13.0. The Bertz CT molecular complexity index is 1530. The molecule has 0 aliphatic rings. The van der Waals surface area contributed by atoms with Crippen molar-refractivity contribution in [1.82, 2.24) is 30.6 Å². The lowest BCUT2D eigenvalue weighted by Gasteiger charge is -2.17. The summed E-state index contributed by atoms with van der Waals surface area (Å²) in [6.45, 7) is 1.49. The monoisotopic (exact) mass is 477 g/mol. The zero-order valence-corrected chi connectivity index (χ0v) is 18.3. The standard InChI is InChI=1S/C17H19N9O4S2/c1-8(18)7-31(27,28)12-6-5-9(10-3-2-4-11-14(10)22-17(19)21-11)13(15(12)32(20,29)30)16-23-25-26-24-16/h2-6,8H,7,18H2,1H3,(H3,19,21,22)(H2,20,29,30)(H,23,24,25,26)/t8-/m1/s1. The highest BCUT2D eigenvalue weighted by atomic mass is 32.2. The van der Waals surface area contributed by atoms with Gasteiger partial charge in [0.1, 0.15) is 4.90 Å². The zero-order chi connectivity index (χ0) is 23.3. The summed E-state index contributed by atoms with van der Waals surface area (Å²) in [6.07, 6.45) is 0. The number of sulfone groups is 1. The number of benzene rings is 2. The minimum Gasteiger partial charge on any atom is -0.369 e. The topological polar surface area (TPSA) is 229 Å². The van der Waals surface area contributed by atoms with E-state index >= 15 is 0 Å². The first-order valence-corrected chi connectivity index (χ1v) is 12.4. The van der Waals surface area contributed by atoms with Crippen molar-refractivity contribution in [3.8, 4) is 22.5 Å². The van der Waals surface area contributed by atoms with Crippen LogP contribution in [0.2, 0.25) is 0 Å². The van der Waals surface area contributed by atoms with Crippen molar-refractivity contribution in [3.05, 3.63) is 30.3 Å². The molecule has 2 heterocycles. The maximum atomic E-state index is 13.0. The number of aromatic amines is 2. The number of hydrogen-bond acceptors (Lipinski definition) is 10. The summed E-state index contributed by atoms with van der Waals surface area (Å²) in [7, 11) is -8.72. The lowest BCUT2D eigenvalue weighted by atomic mass is 9.98. The van der Waals surface area contributed by atoms with Crippen molar-refractivity contribution in [2.75, 3.05) is 11.5 Å². The Hall–Kier alpha value is -3.40. The Morgan fingerprint density at radius 3 is 2.47 bits per heavy atom. The molecule has 0 aliphatic heterocycles. The molecule has 4 rings (SSSR count). The molecule has 2 aromatic carbocycles. The molecule has 0 unspecified atom stereocenters. The molecule has 0 spiro atoms. The quantitative estimate of drug-likeness (QED) is 0.244. The van der Waals surface area contributed by atoms with Crippen molar-refractivity contribution in [2.45, 2.75) is 22.8 Å². The molecule has 8 N–H and O–H groups in total. The molecule has 0 aliphatic carbocycles. The van der Waals surface area contributed by atoms with Crippen molar-refractivity contribution in [2.24, 2.45) is 10.9 Å². The van der Waals surface area contributed by atoms with Gasteiger partial charge >= 0.3 is 0 Å². The average Bonchev–Trinajstić information content (AvgIpc) is 3.33. The van der Waals surface area contributed by atoms with E-state index in [0.717, 1.165) is 0 Å². The SMILES string of the molecule is C[C@@H](N)CS(=O)(=O)c1ccc(-c2cccc3[nH]c(N)nc23)c(-c2nn[nH]n2)c1S(N)(=O)=O. The van der Waals surface area contributed by atoms with Crippen LogP contribution in [0.3, 0.4) is 0 Å². The predicted molar refractivity (Wildman–Crippen MR) is 116 cm³/mol. The molecule has 168 valence electrons. The zero-order valence-electron chi connectivity index (χ0n) is 16.6. The van der Waals surface area contributed by atoms with Crippen molar-refractivity contribution in [1.29, 1.82) is 0 Å². The summed E-state index contributed by atoms with van der Waals surface area (Å²) in [5, 5.41) is 19.0. The molecule has 0 amide bonds. The number of anilines is 1. The van der Waals surface area contributed by atoms with Crippen LogP contribution in [-0.4, -0.2) is 59.2 Å². The Labute approximate surface area is 182 Å². The Morgan fingerprint density at radius 1 is 1.09 bits per heavy atom. The van der Waals surface area contributed by atoms with E-state index in [2.05, 4.69) is 30.6 Å². The Morgan fingerprint density at radius 2 is 1.84 bits per heavy atom. The number of primary sulfonamides is 1. The van der Waals surface area contributed by atoms with Gasteiger partial charge in [0.25, 0.3) is 0 Å². The van der Waals surface area contributed by atoms with Gasteiger partial charge in [0.15, 0.2) is 15.8 Å². The van der Waals surface area contributed by atoms with Gasteiger partial charge in [0, 0.05) is 11.6 Å². The number of imidazole rings is 1. The van der Waals surface area contributed by atoms with E-state index in [0.29, 0.717) is 16.6 Å². The summed E-state index contributed by atoms with van der Waals surface area (Å²) >= 11 is 0. The van der Waals surface area contributed by atoms with Crippen LogP contribution in [0.25, 0.3) is 33.5 Å². The van der Waals surface area contributed by atoms with Gasteiger partial charge in [-0.25, -0.2) is 27.0 Å². The van der Waals surface area contributed by atoms with Crippen molar-refractivity contribution >= 4 is 36.8 Å². The van der Waals surface area contributed by atoms with E-state index in [1.54, 1.807) is 18.2 Å². The lowest BCUT2D eigenvalue weighted by Crippen LogP contribution is -2.28. The second-order valence-electron chi connectivity index (χ2n) is 7.18. The molecule has 0 radical (unpaired) electrons. The summed E-state index contributed by atoms with van der Waals surface area (Å²) < 4.78 is 51.4. The highest BCUT2D eigenvalue weighted by Crippen LogP contribution is 2.41. The van der Waals surface area contributed by atoms with Crippen LogP contribution in [0.5, 0.6) is 0 Å². The fraction of sp³-hybridized carbons (Fsp3) is 0.176. The Balaban J connectivity index is 2.16. The lowest BCUT2D eigenvalue weighted by molar-refractivity contribution is 0.580. The fourth-order valence-corrected chi connectivity index (χ4v) is 6.60. The number of fused-ring (bicyclic) bond motifs is 1. The van der Waals surface area contributed by atoms with Crippen molar-refractivity contribution in [3.63, 3.8) is 0 Å². The summed E-state index contributed by atoms with van der Waals surface area (Å²) in [6, 6.07) is 6.97. The van der Waals surface area contributed by atoms with Gasteiger partial charge in [-0.05, 0) is 29.8 Å². The highest BCUT2D eigenvalue weighted by Gasteiger charge is 2.32. The smallest absolute Gasteiger partial charge is 0.240 e. The normalized spacial score (nSPS) is 13.5. The summed E-state index contributed by atoms with van der Waals surface area (Å²) in [5.74, 6) is -0.509. The van der Waals surface area contributed by atoms with Gasteiger partial charge in [0.05, 0.1) is 27.2 Å². The van der Waals surface area contributed by atoms with Crippen LogP contribution in [0, 0.1) is 0 Å². The molecule has 0 saturated carbocycles. The number of nitrogens with zero attached hydrogens (tertiary/aromatic N) is 4. The number of hydrogen-bond donors (Lipinski definition) is 5. The third kappa shape index (κ3) is 3.81. The molecule has 4 aromatic rings. The van der Waals surface area contributed by atoms with Gasteiger partial charge in [-0.1, -0.05) is 18.2 Å². The number of sulfonamides is 1. The Kier molecular flexibility index (Phi) is 5.20. The number of nitrogens with one attached hydrogen (secondary N) is 2. The minimum absolute atomic E-state index is 0.138. The predicted octanol–water partition coefficient (Wildman–Crippen LogP) is -0.239. The van der Waals surface area contributed by atoms with Crippen LogP contribution in [0.15, 0.2) is 40.1 Å². The second-order valence-corrected chi connectivity index (χ2v) is 10.7. The van der Waals surface area contributed by atoms with Crippen LogP contribution in [0.1, 0.15) is 6.92 Å². The number of H-pyrrole nitrogens is 2. The number of aromatic nitrogens is 6. The maximum Gasteiger partial charge on any atom is 0.240 e. The van der Waals surface area contributed by atoms with E-state index in [9.17, 15) is 16.8 Å². The molecule has 15 heteroatoms. The van der Waals surface area contributed by atoms with E-state index in [1.165, 1.54) is 19.1 Å². The first-order chi connectivity index (χ1) is 15.0. The largest absolute Gasteiger partial charge is 0.369 e.